The number of nitro groups is 1. The Bertz CT molecular complexity index is 1120. The number of imidazole rings is 1. The highest BCUT2D eigenvalue weighted by atomic mass is 19.4. The summed E-state index contributed by atoms with van der Waals surface area (Å²) in [7, 11) is 2.03. The lowest BCUT2D eigenvalue weighted by molar-refractivity contribution is -0.389. The number of ether oxygens (including phenoxy) is 1. The van der Waals surface area contributed by atoms with Crippen molar-refractivity contribution in [3.05, 3.63) is 57.6 Å². The maximum atomic E-state index is 12.5. The van der Waals surface area contributed by atoms with E-state index < -0.39 is 16.9 Å². The Kier molecular flexibility index (Phi) is 5.63. The monoisotopic (exact) mass is 451 g/mol. The number of fused-ring (bicyclic) bond motifs is 2. The lowest BCUT2D eigenvalue weighted by Gasteiger charge is -2.24. The van der Waals surface area contributed by atoms with Crippen LogP contribution in [0.2, 0.25) is 0 Å². The van der Waals surface area contributed by atoms with Crippen LogP contribution in [0.15, 0.2) is 34.9 Å². The number of hydrogen-bond acceptors (Lipinski definition) is 7. The van der Waals surface area contributed by atoms with Crippen LogP contribution in [0, 0.1) is 10.1 Å². The molecule has 1 atom stereocenters. The highest BCUT2D eigenvalue weighted by Crippen LogP contribution is 2.33. The standard InChI is InChI=1S/C14H13F3N2O.C6H7N3O3/c1-19-7-6-10-9(8-19)2-3-11(18-10)12-4-5-13(20-12)14(15,16)17;1-4-2-8-3-5(9(10)11)7-6(8)12-4/h2-5H,6-8H2,1H3;3-4H,2H2,1H3. The summed E-state index contributed by atoms with van der Waals surface area (Å²) in [6, 6.07) is 6.20. The molecule has 32 heavy (non-hydrogen) atoms. The van der Waals surface area contributed by atoms with E-state index in [1.165, 1.54) is 12.3 Å². The molecule has 0 amide bonds. The Balaban J connectivity index is 0.000000174. The summed E-state index contributed by atoms with van der Waals surface area (Å²) < 4.78 is 49.2. The Morgan fingerprint density at radius 2 is 2.00 bits per heavy atom. The Labute approximate surface area is 180 Å². The van der Waals surface area contributed by atoms with E-state index in [2.05, 4.69) is 14.9 Å². The molecule has 5 rings (SSSR count). The van der Waals surface area contributed by atoms with E-state index in [0.29, 0.717) is 18.2 Å². The molecule has 2 aliphatic rings. The average Bonchev–Trinajstić information content (AvgIpc) is 3.42. The molecule has 3 aromatic heterocycles. The van der Waals surface area contributed by atoms with E-state index in [-0.39, 0.29) is 17.7 Å². The molecule has 0 bridgehead atoms. The summed E-state index contributed by atoms with van der Waals surface area (Å²) in [5.41, 5.74) is 2.50. The average molecular weight is 451 g/mol. The number of alkyl halides is 3. The molecule has 3 aromatic rings. The zero-order valence-corrected chi connectivity index (χ0v) is 17.3. The molecule has 0 fully saturated rings. The van der Waals surface area contributed by atoms with Crippen molar-refractivity contribution in [1.29, 1.82) is 0 Å². The fourth-order valence-electron chi connectivity index (χ4n) is 3.52. The third-order valence-electron chi connectivity index (χ3n) is 5.05. The van der Waals surface area contributed by atoms with Crippen LogP contribution in [-0.4, -0.2) is 44.1 Å². The van der Waals surface area contributed by atoms with Crippen LogP contribution < -0.4 is 4.74 Å². The lowest BCUT2D eigenvalue weighted by Crippen LogP contribution is -2.27. The highest BCUT2D eigenvalue weighted by Gasteiger charge is 2.35. The summed E-state index contributed by atoms with van der Waals surface area (Å²) in [5.74, 6) is -0.997. The number of furan rings is 1. The molecule has 0 saturated heterocycles. The van der Waals surface area contributed by atoms with Gasteiger partial charge in [-0.1, -0.05) is 6.07 Å². The van der Waals surface area contributed by atoms with Crippen LogP contribution in [0.25, 0.3) is 11.5 Å². The first-order valence-electron chi connectivity index (χ1n) is 9.83. The zero-order valence-electron chi connectivity index (χ0n) is 17.3. The summed E-state index contributed by atoms with van der Waals surface area (Å²) in [6.45, 7) is 4.24. The van der Waals surface area contributed by atoms with E-state index in [0.717, 1.165) is 36.8 Å². The molecule has 0 aliphatic carbocycles. The molecule has 0 spiro atoms. The van der Waals surface area contributed by atoms with Crippen LogP contribution in [0.5, 0.6) is 6.01 Å². The summed E-state index contributed by atoms with van der Waals surface area (Å²) in [5, 5.41) is 10.3. The van der Waals surface area contributed by atoms with Gasteiger partial charge in [0.25, 0.3) is 0 Å². The van der Waals surface area contributed by atoms with Crippen molar-refractivity contribution in [2.45, 2.75) is 38.7 Å². The van der Waals surface area contributed by atoms with Gasteiger partial charge in [0.05, 0.1) is 6.54 Å². The van der Waals surface area contributed by atoms with E-state index in [4.69, 9.17) is 9.15 Å². The predicted octanol–water partition coefficient (Wildman–Crippen LogP) is 3.92. The minimum absolute atomic E-state index is 0.0632. The number of rotatable bonds is 2. The van der Waals surface area contributed by atoms with Crippen molar-refractivity contribution >= 4 is 5.82 Å². The molecule has 0 radical (unpaired) electrons. The summed E-state index contributed by atoms with van der Waals surface area (Å²) in [6.07, 6.45) is -2.21. The second kappa shape index (κ2) is 8.26. The molecule has 5 heterocycles. The van der Waals surface area contributed by atoms with E-state index in [9.17, 15) is 23.3 Å². The van der Waals surface area contributed by atoms with Gasteiger partial charge in [-0.25, -0.2) is 4.98 Å². The third-order valence-corrected chi connectivity index (χ3v) is 5.05. The minimum Gasteiger partial charge on any atom is -0.450 e. The molecule has 0 N–H and O–H groups in total. The van der Waals surface area contributed by atoms with Gasteiger partial charge in [0.2, 0.25) is 5.76 Å². The van der Waals surface area contributed by atoms with Gasteiger partial charge in [-0.05, 0) is 42.7 Å². The molecule has 0 saturated carbocycles. The second-order valence-corrected chi connectivity index (χ2v) is 7.67. The normalized spacial score (nSPS) is 17.7. The predicted molar refractivity (Wildman–Crippen MR) is 106 cm³/mol. The zero-order chi connectivity index (χ0) is 23.0. The van der Waals surface area contributed by atoms with Gasteiger partial charge >= 0.3 is 18.0 Å². The molecule has 12 heteroatoms. The Morgan fingerprint density at radius 1 is 1.22 bits per heavy atom. The van der Waals surface area contributed by atoms with Gasteiger partial charge in [-0.15, -0.1) is 0 Å². The quantitative estimate of drug-likeness (QED) is 0.430. The fourth-order valence-corrected chi connectivity index (χ4v) is 3.52. The third kappa shape index (κ3) is 4.59. The van der Waals surface area contributed by atoms with Crippen LogP contribution in [-0.2, 0) is 25.7 Å². The fraction of sp³-hybridized carbons (Fsp3) is 0.400. The van der Waals surface area contributed by atoms with Crippen LogP contribution in [0.4, 0.5) is 19.0 Å². The van der Waals surface area contributed by atoms with Crippen molar-refractivity contribution in [2.24, 2.45) is 0 Å². The van der Waals surface area contributed by atoms with Gasteiger partial charge in [-0.2, -0.15) is 13.2 Å². The van der Waals surface area contributed by atoms with Crippen LogP contribution in [0.3, 0.4) is 0 Å². The van der Waals surface area contributed by atoms with Crippen molar-refractivity contribution < 1.29 is 27.2 Å². The van der Waals surface area contributed by atoms with E-state index in [1.54, 1.807) is 10.6 Å². The highest BCUT2D eigenvalue weighted by molar-refractivity contribution is 5.53. The van der Waals surface area contributed by atoms with Gasteiger partial charge in [0, 0.05) is 30.2 Å². The van der Waals surface area contributed by atoms with Gasteiger partial charge in [0.1, 0.15) is 18.0 Å². The number of halogens is 3. The first-order chi connectivity index (χ1) is 15.1. The van der Waals surface area contributed by atoms with Crippen molar-refractivity contribution in [3.63, 3.8) is 0 Å². The maximum Gasteiger partial charge on any atom is 0.449 e. The Morgan fingerprint density at radius 3 is 2.66 bits per heavy atom. The largest absolute Gasteiger partial charge is 0.450 e. The molecular weight excluding hydrogens is 431 g/mol. The van der Waals surface area contributed by atoms with Crippen LogP contribution in [0.1, 0.15) is 23.9 Å². The first kappa shape index (κ1) is 21.8. The van der Waals surface area contributed by atoms with Crippen molar-refractivity contribution in [1.82, 2.24) is 19.4 Å². The molecule has 170 valence electrons. The Hall–Kier alpha value is -3.41. The van der Waals surface area contributed by atoms with Gasteiger partial charge < -0.3 is 24.2 Å². The SMILES string of the molecule is CC1Cn2cc([N+](=O)[O-])nc2O1.CN1CCc2nc(-c3ccc(C(F)(F)F)o3)ccc2C1. The molecule has 2 aliphatic heterocycles. The molecule has 1 unspecified atom stereocenters. The van der Waals surface area contributed by atoms with Crippen LogP contribution >= 0.6 is 0 Å². The first-order valence-corrected chi connectivity index (χ1v) is 9.83. The minimum atomic E-state index is -4.46. The number of likely N-dealkylation sites (N-methyl/N-ethyl adjacent to an activating group) is 1. The maximum absolute atomic E-state index is 12.5. The number of hydrogen-bond donors (Lipinski definition) is 0. The number of aromatic nitrogens is 3. The smallest absolute Gasteiger partial charge is 0.449 e. The molecule has 9 nitrogen and oxygen atoms in total. The molecular formula is C20H20F3N5O4. The summed E-state index contributed by atoms with van der Waals surface area (Å²) in [4.78, 5) is 20.0. The van der Waals surface area contributed by atoms with Gasteiger partial charge in [0.15, 0.2) is 5.76 Å². The number of nitrogens with zero attached hydrogens (tertiary/aromatic N) is 5. The number of pyridine rings is 1. The lowest BCUT2D eigenvalue weighted by atomic mass is 10.1. The second-order valence-electron chi connectivity index (χ2n) is 7.67. The van der Waals surface area contributed by atoms with Gasteiger partial charge in [-0.3, -0.25) is 4.57 Å². The summed E-state index contributed by atoms with van der Waals surface area (Å²) >= 11 is 0. The van der Waals surface area contributed by atoms with Crippen molar-refractivity contribution in [3.8, 4) is 17.5 Å². The topological polar surface area (TPSA) is 99.5 Å². The molecule has 0 aromatic carbocycles. The van der Waals surface area contributed by atoms with E-state index >= 15 is 0 Å². The van der Waals surface area contributed by atoms with E-state index in [1.807, 2.05) is 20.0 Å². The van der Waals surface area contributed by atoms with Crippen molar-refractivity contribution in [2.75, 3.05) is 13.6 Å².